The van der Waals surface area contributed by atoms with Gasteiger partial charge in [-0.15, -0.1) is 0 Å². The van der Waals surface area contributed by atoms with Crippen molar-refractivity contribution in [2.45, 2.75) is 120 Å². The second-order valence-electron chi connectivity index (χ2n) is 22.9. The molecule has 0 N–H and O–H groups in total. The number of hydrogen-bond donors (Lipinski definition) is 0. The fourth-order valence-corrected chi connectivity index (χ4v) is 13.8. The van der Waals surface area contributed by atoms with Crippen molar-refractivity contribution in [2.75, 3.05) is 83.0 Å². The van der Waals surface area contributed by atoms with E-state index in [9.17, 15) is 9.59 Å². The first-order chi connectivity index (χ1) is 37.1. The van der Waals surface area contributed by atoms with Crippen LogP contribution in [0, 0.1) is 17.7 Å². The number of benzene rings is 2. The van der Waals surface area contributed by atoms with Crippen molar-refractivity contribution in [2.24, 2.45) is 11.8 Å². The number of carbonyl (C=O) groups is 2. The second-order valence-corrected chi connectivity index (χ2v) is 22.9. The van der Waals surface area contributed by atoms with Crippen molar-refractivity contribution < 1.29 is 28.2 Å². The summed E-state index contributed by atoms with van der Waals surface area (Å²) >= 11 is 0. The maximum atomic E-state index is 16.0. The number of carbonyl (C=O) groups excluding carboxylic acids is 2. The quantitative estimate of drug-likeness (QED) is 0.0860. The molecule has 2 aliphatic carbocycles. The Morgan fingerprint density at radius 1 is 0.711 bits per heavy atom. The number of ether oxygens (including phenoxy) is 3. The van der Waals surface area contributed by atoms with E-state index in [-0.39, 0.29) is 23.7 Å². The van der Waals surface area contributed by atoms with Crippen molar-refractivity contribution in [3.05, 3.63) is 96.3 Å². The van der Waals surface area contributed by atoms with Crippen LogP contribution in [0.4, 0.5) is 15.8 Å². The van der Waals surface area contributed by atoms with Gasteiger partial charge in [-0.2, -0.15) is 0 Å². The number of halogens is 1. The first-order valence-corrected chi connectivity index (χ1v) is 28.5. The average Bonchev–Trinajstić information content (AvgIpc) is 4.32. The molecule has 76 heavy (non-hydrogen) atoms. The lowest BCUT2D eigenvalue weighted by Gasteiger charge is -2.33. The summed E-state index contributed by atoms with van der Waals surface area (Å²) in [5, 5.41) is 1.88. The summed E-state index contributed by atoms with van der Waals surface area (Å²) in [6, 6.07) is 17.5. The molecule has 6 aliphatic rings. The van der Waals surface area contributed by atoms with Gasteiger partial charge in [-0.3, -0.25) is 19.6 Å². The monoisotopic (exact) mass is 1030 g/mol. The highest BCUT2D eigenvalue weighted by atomic mass is 19.1. The molecule has 14 heteroatoms. The summed E-state index contributed by atoms with van der Waals surface area (Å²) in [6.07, 6.45) is 22.4. The lowest BCUT2D eigenvalue weighted by Crippen LogP contribution is -2.45. The van der Waals surface area contributed by atoms with Gasteiger partial charge in [0.15, 0.2) is 0 Å². The van der Waals surface area contributed by atoms with E-state index in [1.807, 2.05) is 53.5 Å². The number of likely N-dealkylation sites (tertiary alicyclic amines) is 1. The SMILES string of the molecule is CCC1CCCCC2(CC1)C(=O)N(C)c1cnc3ccc(-c4ccc(OCCCN(C)CC5CC5N5C(=O)C6(CCOCC6)c6c5cnc5cc(F)c(-c7ccc(OCCCN8CCCCC8)nc7)cc65)nc4)cc3c12. The van der Waals surface area contributed by atoms with E-state index in [1.165, 1.54) is 51.3 Å². The minimum Gasteiger partial charge on any atom is -0.478 e. The number of hydrogen-bond acceptors (Lipinski definition) is 11. The molecule has 4 fully saturated rings. The van der Waals surface area contributed by atoms with Gasteiger partial charge >= 0.3 is 0 Å². The summed E-state index contributed by atoms with van der Waals surface area (Å²) in [4.78, 5) is 56.7. The van der Waals surface area contributed by atoms with Gasteiger partial charge in [-0.05, 0) is 132 Å². The molecule has 2 spiro atoms. The van der Waals surface area contributed by atoms with Gasteiger partial charge < -0.3 is 33.8 Å². The highest BCUT2D eigenvalue weighted by molar-refractivity contribution is 6.14. The van der Waals surface area contributed by atoms with Crippen LogP contribution in [0.2, 0.25) is 0 Å². The van der Waals surface area contributed by atoms with Crippen molar-refractivity contribution in [3.63, 3.8) is 0 Å². The van der Waals surface area contributed by atoms with E-state index < -0.39 is 10.8 Å². The predicted molar refractivity (Wildman–Crippen MR) is 296 cm³/mol. The number of amides is 2. The molecule has 4 unspecified atom stereocenters. The van der Waals surface area contributed by atoms with Crippen LogP contribution in [0.5, 0.6) is 11.8 Å². The zero-order valence-corrected chi connectivity index (χ0v) is 44.7. The summed E-state index contributed by atoms with van der Waals surface area (Å²) in [7, 11) is 4.06. The van der Waals surface area contributed by atoms with Crippen molar-refractivity contribution in [1.29, 1.82) is 0 Å². The van der Waals surface area contributed by atoms with E-state index in [2.05, 4.69) is 53.0 Å². The number of rotatable bonds is 16. The zero-order chi connectivity index (χ0) is 52.0. The molecule has 4 aliphatic heterocycles. The minimum atomic E-state index is -0.752. The van der Waals surface area contributed by atoms with Crippen LogP contribution in [0.1, 0.15) is 114 Å². The Bertz CT molecular complexity index is 3110. The Labute approximate surface area is 446 Å². The number of pyridine rings is 4. The smallest absolute Gasteiger partial charge is 0.238 e. The molecule has 0 radical (unpaired) electrons. The molecule has 8 heterocycles. The summed E-state index contributed by atoms with van der Waals surface area (Å²) < 4.78 is 34.0. The van der Waals surface area contributed by atoms with E-state index in [0.29, 0.717) is 79.5 Å². The van der Waals surface area contributed by atoms with Crippen LogP contribution in [0.15, 0.2) is 79.4 Å². The van der Waals surface area contributed by atoms with E-state index in [0.717, 1.165) is 121 Å². The summed E-state index contributed by atoms with van der Waals surface area (Å²) in [6.45, 7) is 9.42. The Morgan fingerprint density at radius 3 is 2.17 bits per heavy atom. The third-order valence-corrected chi connectivity index (χ3v) is 18.2. The zero-order valence-electron chi connectivity index (χ0n) is 44.7. The lowest BCUT2D eigenvalue weighted by atomic mass is 9.69. The van der Waals surface area contributed by atoms with Gasteiger partial charge in [0.05, 0.1) is 58.8 Å². The van der Waals surface area contributed by atoms with Gasteiger partial charge in [-0.1, -0.05) is 45.1 Å². The Kier molecular flexibility index (Phi) is 14.3. The topological polar surface area (TPSA) is 126 Å². The third-order valence-electron chi connectivity index (χ3n) is 18.2. The fourth-order valence-electron chi connectivity index (χ4n) is 13.8. The molecule has 13 nitrogen and oxygen atoms in total. The first-order valence-electron chi connectivity index (χ1n) is 28.5. The van der Waals surface area contributed by atoms with E-state index in [4.69, 9.17) is 29.2 Å². The van der Waals surface area contributed by atoms with E-state index >= 15 is 4.39 Å². The van der Waals surface area contributed by atoms with Crippen molar-refractivity contribution in [3.8, 4) is 34.0 Å². The molecule has 0 bridgehead atoms. The molecule has 4 atom stereocenters. The molecule has 2 saturated carbocycles. The van der Waals surface area contributed by atoms with Crippen LogP contribution < -0.4 is 19.3 Å². The Hall–Kier alpha value is -6.09. The molecule has 2 saturated heterocycles. The van der Waals surface area contributed by atoms with E-state index in [1.54, 1.807) is 12.4 Å². The lowest BCUT2D eigenvalue weighted by molar-refractivity contribution is -0.126. The van der Waals surface area contributed by atoms with Gasteiger partial charge in [0, 0.05) is 115 Å². The van der Waals surface area contributed by atoms with Crippen LogP contribution in [0.25, 0.3) is 44.1 Å². The molecule has 398 valence electrons. The van der Waals surface area contributed by atoms with Gasteiger partial charge in [0.25, 0.3) is 0 Å². The molecule has 2 amide bonds. The molecule has 4 aromatic heterocycles. The van der Waals surface area contributed by atoms with Gasteiger partial charge in [0.2, 0.25) is 23.6 Å². The molecular formula is C62H73FN8O5. The normalized spacial score (nSPS) is 23.4. The first kappa shape index (κ1) is 50.7. The average molecular weight is 1030 g/mol. The maximum absolute atomic E-state index is 16.0. The number of piperidine rings is 1. The Balaban J connectivity index is 0.677. The van der Waals surface area contributed by atoms with Crippen LogP contribution >= 0.6 is 0 Å². The number of fused-ring (bicyclic) bond motifs is 8. The van der Waals surface area contributed by atoms with Crippen LogP contribution in [-0.4, -0.2) is 121 Å². The highest BCUT2D eigenvalue weighted by Crippen LogP contribution is 2.56. The number of aromatic nitrogens is 4. The third kappa shape index (κ3) is 9.50. The Morgan fingerprint density at radius 2 is 1.41 bits per heavy atom. The fraction of sp³-hybridized carbons (Fsp3) is 0.516. The van der Waals surface area contributed by atoms with Crippen LogP contribution in [-0.2, 0) is 25.2 Å². The summed E-state index contributed by atoms with van der Waals surface area (Å²) in [5.74, 6) is 2.05. The molecular weight excluding hydrogens is 956 g/mol. The maximum Gasteiger partial charge on any atom is 0.238 e. The van der Waals surface area contributed by atoms with Gasteiger partial charge in [-0.25, -0.2) is 14.4 Å². The number of nitrogens with zero attached hydrogens (tertiary/aromatic N) is 8. The standard InChI is InChI=1S/C62H73FN8O5/c1-4-41-12-6-7-20-61(21-19-41)57-47-32-42(13-16-50(47)64-38-53(57)69(3)59(61)72)43-14-17-55(66-36-43)75-28-10-24-68(2)40-45-33-52(45)71-54-39-65-51-35-49(63)46(34-48(51)58(54)62(60(71)73)22-30-74-31-23-62)44-15-18-56(67-37-44)76-29-11-27-70-25-8-5-9-26-70/h13-18,32,34-39,41,45,52H,4-12,19-31,33,40H2,1-3H3. The predicted octanol–water partition coefficient (Wildman–Crippen LogP) is 11.1. The highest BCUT2D eigenvalue weighted by Gasteiger charge is 2.58. The molecule has 12 rings (SSSR count). The van der Waals surface area contributed by atoms with Crippen LogP contribution in [0.3, 0.4) is 0 Å². The van der Waals surface area contributed by atoms with Gasteiger partial charge in [0.1, 0.15) is 5.82 Å². The van der Waals surface area contributed by atoms with Crippen molar-refractivity contribution >= 4 is 45.0 Å². The molecule has 6 aromatic rings. The number of likely N-dealkylation sites (N-methyl/N-ethyl adjacent to an activating group) is 1. The second kappa shape index (κ2) is 21.4. The summed E-state index contributed by atoms with van der Waals surface area (Å²) in [5.41, 5.74) is 7.23. The number of anilines is 2. The van der Waals surface area contributed by atoms with Crippen molar-refractivity contribution in [1.82, 2.24) is 29.7 Å². The minimum absolute atomic E-state index is 0.0605. The molecule has 2 aromatic carbocycles. The largest absolute Gasteiger partial charge is 0.478 e.